The fourth-order valence-corrected chi connectivity index (χ4v) is 3.00. The molecule has 0 aliphatic heterocycles. The summed E-state index contributed by atoms with van der Waals surface area (Å²) in [6.07, 6.45) is 0. The lowest BCUT2D eigenvalue weighted by atomic mass is 9.95. The molecule has 0 spiro atoms. The minimum Gasteiger partial charge on any atom is -0.478 e. The van der Waals surface area contributed by atoms with Crippen LogP contribution in [0.3, 0.4) is 0 Å². The molecule has 2 N–H and O–H groups in total. The van der Waals surface area contributed by atoms with Crippen LogP contribution in [0.15, 0.2) is 27.6 Å². The summed E-state index contributed by atoms with van der Waals surface area (Å²) in [5.74, 6) is -0.374. The molecule has 0 saturated carbocycles. The molecule has 1 unspecified atom stereocenters. The number of aliphatic hydroxyl groups is 1. The van der Waals surface area contributed by atoms with Crippen molar-refractivity contribution in [3.8, 4) is 0 Å². The first-order valence-electron chi connectivity index (χ1n) is 5.62. The summed E-state index contributed by atoms with van der Waals surface area (Å²) in [4.78, 5) is 11.8. The lowest BCUT2D eigenvalue weighted by Crippen LogP contribution is -2.33. The van der Waals surface area contributed by atoms with Gasteiger partial charge in [0.25, 0.3) is 0 Å². The summed E-state index contributed by atoms with van der Waals surface area (Å²) in [6, 6.07) is 5.04. The van der Waals surface area contributed by atoms with Gasteiger partial charge in [0.1, 0.15) is 0 Å². The lowest BCUT2D eigenvalue weighted by molar-refractivity contribution is 0.0376. The van der Waals surface area contributed by atoms with E-state index in [0.717, 1.165) is 4.47 Å². The van der Waals surface area contributed by atoms with Gasteiger partial charge in [-0.3, -0.25) is 0 Å². The van der Waals surface area contributed by atoms with Crippen LogP contribution in [0.25, 0.3) is 0 Å². The number of carbonyl (C=O) groups is 1. The molecule has 1 aromatic rings. The van der Waals surface area contributed by atoms with Crippen LogP contribution < -0.4 is 0 Å². The third-order valence-electron chi connectivity index (χ3n) is 2.94. The first-order chi connectivity index (χ1) is 8.24. The Bertz CT molecular complexity index is 444. The number of aromatic carboxylic acids is 1. The number of benzene rings is 1. The van der Waals surface area contributed by atoms with Crippen molar-refractivity contribution in [1.82, 2.24) is 0 Å². The summed E-state index contributed by atoms with van der Waals surface area (Å²) in [5, 5.41) is 19.3. The smallest absolute Gasteiger partial charge is 0.336 e. The van der Waals surface area contributed by atoms with Gasteiger partial charge >= 0.3 is 5.97 Å². The molecule has 0 bridgehead atoms. The van der Waals surface area contributed by atoms with Crippen molar-refractivity contribution in [2.24, 2.45) is 5.92 Å². The highest BCUT2D eigenvalue weighted by Crippen LogP contribution is 2.31. The van der Waals surface area contributed by atoms with Gasteiger partial charge in [-0.2, -0.15) is 0 Å². The Morgan fingerprint density at radius 1 is 1.50 bits per heavy atom. The van der Waals surface area contributed by atoms with Gasteiger partial charge in [-0.05, 0) is 31.0 Å². The number of thioether (sulfide) groups is 1. The predicted octanol–water partition coefficient (Wildman–Crippen LogP) is 3.65. The van der Waals surface area contributed by atoms with Gasteiger partial charge in [0.2, 0.25) is 0 Å². The predicted molar refractivity (Wildman–Crippen MR) is 77.3 cm³/mol. The van der Waals surface area contributed by atoms with Crippen molar-refractivity contribution in [1.29, 1.82) is 0 Å². The Labute approximate surface area is 120 Å². The van der Waals surface area contributed by atoms with Crippen molar-refractivity contribution in [2.75, 3.05) is 5.75 Å². The van der Waals surface area contributed by atoms with E-state index in [1.54, 1.807) is 25.1 Å². The van der Waals surface area contributed by atoms with Gasteiger partial charge in [-0.15, -0.1) is 11.8 Å². The summed E-state index contributed by atoms with van der Waals surface area (Å²) >= 11 is 4.69. The summed E-state index contributed by atoms with van der Waals surface area (Å²) in [7, 11) is 0. The van der Waals surface area contributed by atoms with E-state index in [4.69, 9.17) is 5.11 Å². The zero-order valence-corrected chi connectivity index (χ0v) is 13.0. The number of hydrogen-bond donors (Lipinski definition) is 2. The highest BCUT2D eigenvalue weighted by atomic mass is 79.9. The number of carboxylic acids is 1. The molecule has 0 aliphatic rings. The molecule has 3 nitrogen and oxygen atoms in total. The second-order valence-corrected chi connectivity index (χ2v) is 6.68. The van der Waals surface area contributed by atoms with E-state index in [-0.39, 0.29) is 11.5 Å². The van der Waals surface area contributed by atoms with E-state index in [1.165, 1.54) is 11.8 Å². The van der Waals surface area contributed by atoms with Crippen LogP contribution in [0.4, 0.5) is 0 Å². The topological polar surface area (TPSA) is 57.5 Å². The Balaban J connectivity index is 2.90. The van der Waals surface area contributed by atoms with E-state index in [9.17, 15) is 9.90 Å². The molecule has 1 atom stereocenters. The standard InChI is InChI=1S/C13H17BrO3S/c1-8(2)13(3,17)7-18-11-6-9(14)4-5-10(11)12(15)16/h4-6,8,17H,7H2,1-3H3,(H,15,16). The van der Waals surface area contributed by atoms with Crippen LogP contribution in [0.2, 0.25) is 0 Å². The molecule has 0 saturated heterocycles. The van der Waals surface area contributed by atoms with Crippen molar-refractivity contribution >= 4 is 33.7 Å². The molecule has 5 heteroatoms. The molecule has 0 radical (unpaired) electrons. The van der Waals surface area contributed by atoms with E-state index >= 15 is 0 Å². The number of rotatable bonds is 5. The van der Waals surface area contributed by atoms with Gasteiger partial charge in [0, 0.05) is 15.1 Å². The zero-order chi connectivity index (χ0) is 13.9. The number of hydrogen-bond acceptors (Lipinski definition) is 3. The van der Waals surface area contributed by atoms with Crippen molar-refractivity contribution < 1.29 is 15.0 Å². The van der Waals surface area contributed by atoms with Crippen LogP contribution in [0.5, 0.6) is 0 Å². The number of carboxylic acid groups (broad SMARTS) is 1. The Hall–Kier alpha value is -0.520. The molecular weight excluding hydrogens is 316 g/mol. The Morgan fingerprint density at radius 3 is 2.61 bits per heavy atom. The third kappa shape index (κ3) is 4.00. The second kappa shape index (κ2) is 6.08. The molecule has 0 aromatic heterocycles. The summed E-state index contributed by atoms with van der Waals surface area (Å²) in [5.41, 5.74) is -0.550. The highest BCUT2D eigenvalue weighted by molar-refractivity contribution is 9.10. The molecule has 1 aromatic carbocycles. The minimum atomic E-state index is -0.950. The van der Waals surface area contributed by atoms with Crippen molar-refractivity contribution in [2.45, 2.75) is 31.3 Å². The van der Waals surface area contributed by atoms with Crippen LogP contribution >= 0.6 is 27.7 Å². The summed E-state index contributed by atoms with van der Waals surface area (Å²) < 4.78 is 0.833. The van der Waals surface area contributed by atoms with E-state index in [0.29, 0.717) is 10.6 Å². The van der Waals surface area contributed by atoms with Crippen LogP contribution in [0.1, 0.15) is 31.1 Å². The molecule has 0 heterocycles. The molecule has 0 fully saturated rings. The maximum atomic E-state index is 11.1. The fraction of sp³-hybridized carbons (Fsp3) is 0.462. The maximum Gasteiger partial charge on any atom is 0.336 e. The Kier molecular flexibility index (Phi) is 5.25. The molecule has 0 amide bonds. The van der Waals surface area contributed by atoms with Gasteiger partial charge in [-0.25, -0.2) is 4.79 Å². The van der Waals surface area contributed by atoms with E-state index < -0.39 is 11.6 Å². The fourth-order valence-electron chi connectivity index (χ4n) is 1.18. The molecule has 18 heavy (non-hydrogen) atoms. The summed E-state index contributed by atoms with van der Waals surface area (Å²) in [6.45, 7) is 5.66. The van der Waals surface area contributed by atoms with E-state index in [1.807, 2.05) is 13.8 Å². The first kappa shape index (κ1) is 15.5. The van der Waals surface area contributed by atoms with Crippen LogP contribution in [-0.2, 0) is 0 Å². The monoisotopic (exact) mass is 332 g/mol. The van der Waals surface area contributed by atoms with Crippen LogP contribution in [-0.4, -0.2) is 27.5 Å². The third-order valence-corrected chi connectivity index (χ3v) is 4.81. The first-order valence-corrected chi connectivity index (χ1v) is 7.40. The van der Waals surface area contributed by atoms with Gasteiger partial charge in [-0.1, -0.05) is 29.8 Å². The van der Waals surface area contributed by atoms with Gasteiger partial charge < -0.3 is 10.2 Å². The minimum absolute atomic E-state index is 0.116. The SMILES string of the molecule is CC(C)C(C)(O)CSc1cc(Br)ccc1C(=O)O. The van der Waals surface area contributed by atoms with Gasteiger partial charge in [0.15, 0.2) is 0 Å². The van der Waals surface area contributed by atoms with Gasteiger partial charge in [0.05, 0.1) is 11.2 Å². The second-order valence-electron chi connectivity index (χ2n) is 4.75. The quantitative estimate of drug-likeness (QED) is 0.808. The largest absolute Gasteiger partial charge is 0.478 e. The maximum absolute atomic E-state index is 11.1. The molecular formula is C13H17BrO3S. The lowest BCUT2D eigenvalue weighted by Gasteiger charge is -2.27. The molecule has 1 rings (SSSR count). The van der Waals surface area contributed by atoms with Crippen molar-refractivity contribution in [3.05, 3.63) is 28.2 Å². The average molecular weight is 333 g/mol. The van der Waals surface area contributed by atoms with E-state index in [2.05, 4.69) is 15.9 Å². The zero-order valence-electron chi connectivity index (χ0n) is 10.6. The molecule has 0 aliphatic carbocycles. The van der Waals surface area contributed by atoms with Crippen molar-refractivity contribution in [3.63, 3.8) is 0 Å². The Morgan fingerprint density at radius 2 is 2.11 bits per heavy atom. The van der Waals surface area contributed by atoms with Crippen LogP contribution in [0, 0.1) is 5.92 Å². The normalized spacial score (nSPS) is 14.6. The molecule has 100 valence electrons. The number of halogens is 1. The average Bonchev–Trinajstić information content (AvgIpc) is 2.26. The highest BCUT2D eigenvalue weighted by Gasteiger charge is 2.25.